The Bertz CT molecular complexity index is 828. The number of guanidine groups is 1. The van der Waals surface area contributed by atoms with Crippen LogP contribution in [0.4, 0.5) is 0 Å². The largest absolute Gasteiger partial charge is 0.454 e. The normalized spacial score (nSPS) is 13.1. The molecule has 0 bridgehead atoms. The average molecular weight is 371 g/mol. The lowest BCUT2D eigenvalue weighted by Crippen LogP contribution is -2.38. The fourth-order valence-corrected chi connectivity index (χ4v) is 3.53. The van der Waals surface area contributed by atoms with Crippen molar-refractivity contribution in [3.05, 3.63) is 40.7 Å². The molecule has 0 spiro atoms. The first-order valence-corrected chi connectivity index (χ1v) is 9.41. The third-order valence-electron chi connectivity index (χ3n) is 4.88. The number of aliphatic imine (C=N–C) groups is 1. The van der Waals surface area contributed by atoms with Gasteiger partial charge in [-0.15, -0.1) is 0 Å². The first-order chi connectivity index (χ1) is 13.1. The fraction of sp³-hybridized carbons (Fsp3) is 0.500. The monoisotopic (exact) mass is 371 g/mol. The quantitative estimate of drug-likeness (QED) is 0.624. The molecule has 146 valence electrons. The Kier molecular flexibility index (Phi) is 5.88. The molecule has 0 unspecified atom stereocenters. The lowest BCUT2D eigenvalue weighted by Gasteiger charge is -2.22. The van der Waals surface area contributed by atoms with Crippen molar-refractivity contribution in [2.24, 2.45) is 12.0 Å². The topological polar surface area (TPSA) is 63.9 Å². The van der Waals surface area contributed by atoms with E-state index in [4.69, 9.17) is 9.47 Å². The van der Waals surface area contributed by atoms with Crippen LogP contribution in [0.2, 0.25) is 0 Å². The van der Waals surface area contributed by atoms with Gasteiger partial charge in [-0.25, -0.2) is 0 Å². The number of aromatic nitrogens is 2. The third-order valence-corrected chi connectivity index (χ3v) is 4.88. The molecular formula is C20H29N5O2. The average Bonchev–Trinajstić information content (AvgIpc) is 3.25. The van der Waals surface area contributed by atoms with Crippen molar-refractivity contribution >= 4 is 5.96 Å². The van der Waals surface area contributed by atoms with Gasteiger partial charge in [0.05, 0.1) is 5.69 Å². The van der Waals surface area contributed by atoms with Gasteiger partial charge in [0.25, 0.3) is 0 Å². The summed E-state index contributed by atoms with van der Waals surface area (Å²) in [6.07, 6.45) is 1.89. The summed E-state index contributed by atoms with van der Waals surface area (Å²) < 4.78 is 12.8. The molecule has 1 aromatic carbocycles. The van der Waals surface area contributed by atoms with Gasteiger partial charge in [0.15, 0.2) is 17.5 Å². The first-order valence-electron chi connectivity index (χ1n) is 9.41. The van der Waals surface area contributed by atoms with E-state index in [1.807, 2.05) is 38.0 Å². The zero-order chi connectivity index (χ0) is 19.4. The van der Waals surface area contributed by atoms with Crippen LogP contribution in [0.3, 0.4) is 0 Å². The van der Waals surface area contributed by atoms with Crippen LogP contribution in [0.15, 0.2) is 23.2 Å². The van der Waals surface area contributed by atoms with Gasteiger partial charge in [-0.05, 0) is 30.5 Å². The molecule has 0 saturated carbocycles. The maximum atomic E-state index is 5.47. The smallest absolute Gasteiger partial charge is 0.231 e. The molecule has 1 aliphatic heterocycles. The van der Waals surface area contributed by atoms with Crippen molar-refractivity contribution in [3.63, 3.8) is 0 Å². The lowest BCUT2D eigenvalue weighted by atomic mass is 10.1. The number of benzene rings is 1. The molecule has 0 fully saturated rings. The Labute approximate surface area is 161 Å². The Balaban J connectivity index is 1.67. The number of nitrogens with one attached hydrogen (secondary N) is 1. The highest BCUT2D eigenvalue weighted by molar-refractivity contribution is 5.79. The van der Waals surface area contributed by atoms with Crippen molar-refractivity contribution in [1.29, 1.82) is 0 Å². The van der Waals surface area contributed by atoms with E-state index in [0.29, 0.717) is 6.79 Å². The molecule has 1 aromatic heterocycles. The zero-order valence-corrected chi connectivity index (χ0v) is 16.9. The van der Waals surface area contributed by atoms with Gasteiger partial charge >= 0.3 is 0 Å². The fourth-order valence-electron chi connectivity index (χ4n) is 3.53. The van der Waals surface area contributed by atoms with Crippen LogP contribution in [0.1, 0.15) is 36.4 Å². The minimum atomic E-state index is 0.294. The second-order valence-corrected chi connectivity index (χ2v) is 6.65. The van der Waals surface area contributed by atoms with Gasteiger partial charge in [0, 0.05) is 45.5 Å². The number of aryl methyl sites for hydroxylation is 2. The number of hydrogen-bond donors (Lipinski definition) is 1. The summed E-state index contributed by atoms with van der Waals surface area (Å²) in [4.78, 5) is 6.54. The Morgan fingerprint density at radius 3 is 2.74 bits per heavy atom. The Morgan fingerprint density at radius 2 is 2.04 bits per heavy atom. The van der Waals surface area contributed by atoms with Gasteiger partial charge in [-0.1, -0.05) is 19.9 Å². The van der Waals surface area contributed by atoms with E-state index < -0.39 is 0 Å². The van der Waals surface area contributed by atoms with Crippen molar-refractivity contribution in [2.45, 2.75) is 39.8 Å². The molecule has 2 aromatic rings. The molecule has 0 saturated heterocycles. The number of ether oxygens (including phenoxy) is 2. The Morgan fingerprint density at radius 1 is 1.26 bits per heavy atom. The van der Waals surface area contributed by atoms with E-state index >= 15 is 0 Å². The molecule has 0 aliphatic carbocycles. The molecule has 1 N–H and O–H groups in total. The standard InChI is InChI=1S/C20H29N5O2/c1-6-16-15(17(7-2)25(5)23-16)11-22-20(21-3)24(4)12-14-8-9-18-19(10-14)27-13-26-18/h8-10H,6-7,11-13H2,1-5H3,(H,21,22). The minimum absolute atomic E-state index is 0.294. The van der Waals surface area contributed by atoms with E-state index in [1.165, 1.54) is 11.3 Å². The Hall–Kier alpha value is -2.70. The van der Waals surface area contributed by atoms with Gasteiger partial charge in [0.2, 0.25) is 6.79 Å². The van der Waals surface area contributed by atoms with Gasteiger partial charge in [0.1, 0.15) is 0 Å². The second-order valence-electron chi connectivity index (χ2n) is 6.65. The molecule has 27 heavy (non-hydrogen) atoms. The van der Waals surface area contributed by atoms with Crippen LogP contribution in [-0.2, 0) is 33.0 Å². The van der Waals surface area contributed by atoms with Gasteiger partial charge < -0.3 is 19.7 Å². The third kappa shape index (κ3) is 4.02. The molecule has 7 nitrogen and oxygen atoms in total. The summed E-state index contributed by atoms with van der Waals surface area (Å²) >= 11 is 0. The molecule has 2 heterocycles. The molecule has 0 atom stereocenters. The maximum absolute atomic E-state index is 5.47. The summed E-state index contributed by atoms with van der Waals surface area (Å²) in [5, 5.41) is 8.13. The second kappa shape index (κ2) is 8.33. The van der Waals surface area contributed by atoms with Crippen LogP contribution in [0, 0.1) is 0 Å². The van der Waals surface area contributed by atoms with Crippen LogP contribution in [0.25, 0.3) is 0 Å². The molecular weight excluding hydrogens is 342 g/mol. The highest BCUT2D eigenvalue weighted by Crippen LogP contribution is 2.32. The number of hydrogen-bond acceptors (Lipinski definition) is 4. The predicted molar refractivity (Wildman–Crippen MR) is 106 cm³/mol. The van der Waals surface area contributed by atoms with Crippen LogP contribution in [-0.4, -0.2) is 41.5 Å². The number of rotatable bonds is 6. The highest BCUT2D eigenvalue weighted by Gasteiger charge is 2.17. The SMILES string of the molecule is CCc1nn(C)c(CC)c1CNC(=NC)N(C)Cc1ccc2c(c1)OCO2. The van der Waals surface area contributed by atoms with E-state index in [-0.39, 0.29) is 0 Å². The molecule has 0 amide bonds. The lowest BCUT2D eigenvalue weighted by molar-refractivity contribution is 0.174. The van der Waals surface area contributed by atoms with Gasteiger partial charge in [-0.3, -0.25) is 9.67 Å². The van der Waals surface area contributed by atoms with Crippen LogP contribution < -0.4 is 14.8 Å². The van der Waals surface area contributed by atoms with E-state index in [1.54, 1.807) is 0 Å². The first kappa shape index (κ1) is 19.1. The van der Waals surface area contributed by atoms with Crippen molar-refractivity contribution < 1.29 is 9.47 Å². The number of nitrogens with zero attached hydrogens (tertiary/aromatic N) is 4. The minimum Gasteiger partial charge on any atom is -0.454 e. The van der Waals surface area contributed by atoms with Crippen LogP contribution >= 0.6 is 0 Å². The zero-order valence-electron chi connectivity index (χ0n) is 16.9. The van der Waals surface area contributed by atoms with Crippen molar-refractivity contribution in [2.75, 3.05) is 20.9 Å². The van der Waals surface area contributed by atoms with E-state index in [2.05, 4.69) is 40.2 Å². The summed E-state index contributed by atoms with van der Waals surface area (Å²) in [6.45, 7) is 6.05. The maximum Gasteiger partial charge on any atom is 0.231 e. The van der Waals surface area contributed by atoms with Crippen LogP contribution in [0.5, 0.6) is 11.5 Å². The van der Waals surface area contributed by atoms with E-state index in [9.17, 15) is 0 Å². The van der Waals surface area contributed by atoms with Crippen molar-refractivity contribution in [3.8, 4) is 11.5 Å². The number of fused-ring (bicyclic) bond motifs is 1. The molecule has 3 rings (SSSR count). The predicted octanol–water partition coefficient (Wildman–Crippen LogP) is 2.48. The summed E-state index contributed by atoms with van der Waals surface area (Å²) in [7, 11) is 5.86. The highest BCUT2D eigenvalue weighted by atomic mass is 16.7. The molecule has 1 aliphatic rings. The van der Waals surface area contributed by atoms with Gasteiger partial charge in [-0.2, -0.15) is 5.10 Å². The summed E-state index contributed by atoms with van der Waals surface area (Å²) in [5.74, 6) is 2.46. The molecule has 7 heteroatoms. The van der Waals surface area contributed by atoms with Crippen molar-refractivity contribution in [1.82, 2.24) is 20.0 Å². The summed E-state index contributed by atoms with van der Waals surface area (Å²) in [6, 6.07) is 6.04. The molecule has 0 radical (unpaired) electrons. The van der Waals surface area contributed by atoms with E-state index in [0.717, 1.165) is 54.6 Å². The summed E-state index contributed by atoms with van der Waals surface area (Å²) in [5.41, 5.74) is 4.85.